The number of likely N-dealkylation sites (tertiary alicyclic amines) is 1. The average Bonchev–Trinajstić information content (AvgIpc) is 3.07. The van der Waals surface area contributed by atoms with Crippen LogP contribution in [0.2, 0.25) is 0 Å². The van der Waals surface area contributed by atoms with Gasteiger partial charge in [0.15, 0.2) is 0 Å². The molecule has 0 bridgehead atoms. The van der Waals surface area contributed by atoms with E-state index in [0.717, 1.165) is 31.6 Å². The van der Waals surface area contributed by atoms with Crippen molar-refractivity contribution in [3.63, 3.8) is 0 Å². The normalized spacial score (nSPS) is 18.1. The number of hydrogen-bond acceptors (Lipinski definition) is 5. The number of nitrogens with one attached hydrogen (secondary N) is 1. The molecule has 0 unspecified atom stereocenters. The van der Waals surface area contributed by atoms with Gasteiger partial charge in [0.25, 0.3) is 11.7 Å². The minimum Gasteiger partial charge on any atom is -0.507 e. The summed E-state index contributed by atoms with van der Waals surface area (Å²) in [6.45, 7) is 7.66. The fourth-order valence-corrected chi connectivity index (χ4v) is 4.01. The first-order chi connectivity index (χ1) is 15.0. The SMILES string of the molecule is CC[NH+](CC)CCCN1C(=O)C(=O)C(=C(O)c2ccc(OC)cc2)[C@@H]1c1ccncc1. The Hall–Kier alpha value is -3.19. The van der Waals surface area contributed by atoms with Gasteiger partial charge in [0.2, 0.25) is 0 Å². The van der Waals surface area contributed by atoms with Crippen LogP contribution in [0.1, 0.15) is 37.4 Å². The van der Waals surface area contributed by atoms with E-state index >= 15 is 0 Å². The summed E-state index contributed by atoms with van der Waals surface area (Å²) in [5.41, 5.74) is 1.32. The number of benzene rings is 1. The van der Waals surface area contributed by atoms with Crippen molar-refractivity contribution in [2.45, 2.75) is 26.3 Å². The Balaban J connectivity index is 1.98. The smallest absolute Gasteiger partial charge is 0.295 e. The molecule has 1 amide bonds. The number of hydrogen-bond donors (Lipinski definition) is 2. The van der Waals surface area contributed by atoms with Crippen LogP contribution in [0.5, 0.6) is 5.75 Å². The molecule has 2 aromatic rings. The highest BCUT2D eigenvalue weighted by molar-refractivity contribution is 6.46. The van der Waals surface area contributed by atoms with E-state index in [9.17, 15) is 14.7 Å². The van der Waals surface area contributed by atoms with E-state index < -0.39 is 17.7 Å². The molecule has 0 radical (unpaired) electrons. The molecule has 1 saturated heterocycles. The second-order valence-electron chi connectivity index (χ2n) is 7.56. The van der Waals surface area contributed by atoms with Gasteiger partial charge in [-0.1, -0.05) is 0 Å². The summed E-state index contributed by atoms with van der Waals surface area (Å²) in [7, 11) is 1.56. The van der Waals surface area contributed by atoms with Crippen LogP contribution in [0.4, 0.5) is 0 Å². The molecule has 7 heteroatoms. The lowest BCUT2D eigenvalue weighted by Crippen LogP contribution is -3.11. The maximum Gasteiger partial charge on any atom is 0.295 e. The zero-order valence-electron chi connectivity index (χ0n) is 18.3. The molecule has 3 rings (SSSR count). The van der Waals surface area contributed by atoms with Gasteiger partial charge in [-0.05, 0) is 55.8 Å². The van der Waals surface area contributed by atoms with Gasteiger partial charge in [0, 0.05) is 30.9 Å². The standard InChI is InChI=1S/C24H29N3O4/c1-4-26(5-2)15-6-16-27-21(17-11-13-25-14-12-17)20(23(29)24(27)30)22(28)18-7-9-19(31-3)10-8-18/h7-14,21,28H,4-6,15-16H2,1-3H3/p+1/t21-/m0/s1. The number of pyridine rings is 1. The third-order valence-corrected chi connectivity index (χ3v) is 5.85. The first-order valence-electron chi connectivity index (χ1n) is 10.7. The predicted molar refractivity (Wildman–Crippen MR) is 118 cm³/mol. The number of aliphatic hydroxyl groups excluding tert-OH is 1. The van der Waals surface area contributed by atoms with Gasteiger partial charge in [-0.3, -0.25) is 14.6 Å². The van der Waals surface area contributed by atoms with Crippen molar-refractivity contribution in [2.75, 3.05) is 33.3 Å². The van der Waals surface area contributed by atoms with E-state index in [1.807, 2.05) is 0 Å². The number of ketones is 1. The molecular formula is C24H30N3O4+. The monoisotopic (exact) mass is 424 g/mol. The molecule has 1 aromatic carbocycles. The van der Waals surface area contributed by atoms with E-state index in [-0.39, 0.29) is 11.3 Å². The van der Waals surface area contributed by atoms with Crippen molar-refractivity contribution in [1.29, 1.82) is 0 Å². The number of carbonyl (C=O) groups is 2. The number of nitrogens with zero attached hydrogens (tertiary/aromatic N) is 2. The second kappa shape index (κ2) is 10.2. The van der Waals surface area contributed by atoms with Gasteiger partial charge in [0.1, 0.15) is 11.5 Å². The molecular weight excluding hydrogens is 394 g/mol. The summed E-state index contributed by atoms with van der Waals surface area (Å²) in [6, 6.07) is 9.68. The lowest BCUT2D eigenvalue weighted by molar-refractivity contribution is -0.896. The zero-order chi connectivity index (χ0) is 22.4. The summed E-state index contributed by atoms with van der Waals surface area (Å²) in [6.07, 6.45) is 4.03. The number of quaternary nitrogens is 1. The fourth-order valence-electron chi connectivity index (χ4n) is 4.01. The Morgan fingerprint density at radius 1 is 1.10 bits per heavy atom. The molecule has 31 heavy (non-hydrogen) atoms. The van der Waals surface area contributed by atoms with Crippen LogP contribution in [0.25, 0.3) is 5.76 Å². The molecule has 164 valence electrons. The quantitative estimate of drug-likeness (QED) is 0.365. The van der Waals surface area contributed by atoms with E-state index in [1.165, 1.54) is 4.90 Å². The summed E-state index contributed by atoms with van der Waals surface area (Å²) < 4.78 is 5.17. The molecule has 0 aliphatic carbocycles. The largest absolute Gasteiger partial charge is 0.507 e. The molecule has 2 N–H and O–H groups in total. The fraction of sp³-hybridized carbons (Fsp3) is 0.375. The van der Waals surface area contributed by atoms with Crippen molar-refractivity contribution < 1.29 is 24.3 Å². The maximum atomic E-state index is 13.0. The summed E-state index contributed by atoms with van der Waals surface area (Å²) >= 11 is 0. The summed E-state index contributed by atoms with van der Waals surface area (Å²) in [5.74, 6) is -0.780. The van der Waals surface area contributed by atoms with Crippen LogP contribution >= 0.6 is 0 Å². The lowest BCUT2D eigenvalue weighted by Gasteiger charge is -2.26. The number of aliphatic hydroxyl groups is 1. The van der Waals surface area contributed by atoms with Crippen LogP contribution in [0, 0.1) is 0 Å². The van der Waals surface area contributed by atoms with Crippen molar-refractivity contribution in [3.05, 3.63) is 65.5 Å². The van der Waals surface area contributed by atoms with Gasteiger partial charge >= 0.3 is 0 Å². The molecule has 1 atom stereocenters. The predicted octanol–water partition coefficient (Wildman–Crippen LogP) is 1.83. The molecule has 2 heterocycles. The average molecular weight is 425 g/mol. The zero-order valence-corrected chi connectivity index (χ0v) is 18.3. The van der Waals surface area contributed by atoms with Crippen molar-refractivity contribution >= 4 is 17.4 Å². The molecule has 0 spiro atoms. The highest BCUT2D eigenvalue weighted by Gasteiger charge is 2.45. The highest BCUT2D eigenvalue weighted by atomic mass is 16.5. The number of ether oxygens (including phenoxy) is 1. The molecule has 0 saturated carbocycles. The van der Waals surface area contributed by atoms with Crippen LogP contribution in [0.3, 0.4) is 0 Å². The molecule has 1 aromatic heterocycles. The summed E-state index contributed by atoms with van der Waals surface area (Å²) in [4.78, 5) is 33.0. The Morgan fingerprint density at radius 3 is 2.32 bits per heavy atom. The van der Waals surface area contributed by atoms with E-state index in [2.05, 4.69) is 18.8 Å². The minimum absolute atomic E-state index is 0.108. The second-order valence-corrected chi connectivity index (χ2v) is 7.56. The third kappa shape index (κ3) is 4.77. The number of Topliss-reactive ketones (excluding diaryl/α,β-unsaturated/α-hetero) is 1. The van der Waals surface area contributed by atoms with Crippen molar-refractivity contribution in [3.8, 4) is 5.75 Å². The first-order valence-corrected chi connectivity index (χ1v) is 10.7. The Bertz CT molecular complexity index is 937. The van der Waals surface area contributed by atoms with Crippen molar-refractivity contribution in [1.82, 2.24) is 9.88 Å². The Labute approximate surface area is 183 Å². The first kappa shape index (κ1) is 22.5. The van der Waals surface area contributed by atoms with Crippen LogP contribution in [-0.4, -0.2) is 60.0 Å². The molecule has 1 fully saturated rings. The van der Waals surface area contributed by atoms with Gasteiger partial charge in [-0.25, -0.2) is 0 Å². The highest BCUT2D eigenvalue weighted by Crippen LogP contribution is 2.39. The Morgan fingerprint density at radius 2 is 1.74 bits per heavy atom. The van der Waals surface area contributed by atoms with E-state index in [4.69, 9.17) is 4.74 Å². The number of amides is 1. The van der Waals surface area contributed by atoms with Gasteiger partial charge in [-0.15, -0.1) is 0 Å². The summed E-state index contributed by atoms with van der Waals surface area (Å²) in [5, 5.41) is 11.0. The Kier molecular flexibility index (Phi) is 7.41. The number of aromatic nitrogens is 1. The molecule has 7 nitrogen and oxygen atoms in total. The molecule has 1 aliphatic rings. The lowest BCUT2D eigenvalue weighted by atomic mass is 9.96. The topological polar surface area (TPSA) is 84.2 Å². The van der Waals surface area contributed by atoms with Gasteiger partial charge in [-0.2, -0.15) is 0 Å². The van der Waals surface area contributed by atoms with Gasteiger partial charge < -0.3 is 19.6 Å². The molecule has 1 aliphatic heterocycles. The number of carbonyl (C=O) groups excluding carboxylic acids is 2. The van der Waals surface area contributed by atoms with Crippen LogP contribution < -0.4 is 9.64 Å². The maximum absolute atomic E-state index is 13.0. The third-order valence-electron chi connectivity index (χ3n) is 5.85. The van der Waals surface area contributed by atoms with Crippen molar-refractivity contribution in [2.24, 2.45) is 0 Å². The van der Waals surface area contributed by atoms with E-state index in [1.54, 1.807) is 60.8 Å². The van der Waals surface area contributed by atoms with Crippen LogP contribution in [-0.2, 0) is 9.59 Å². The minimum atomic E-state index is -0.662. The van der Waals surface area contributed by atoms with Gasteiger partial charge in [0.05, 0.1) is 38.4 Å². The van der Waals surface area contributed by atoms with Crippen LogP contribution in [0.15, 0.2) is 54.4 Å². The van der Waals surface area contributed by atoms with E-state index in [0.29, 0.717) is 17.9 Å². The number of methoxy groups -OCH3 is 1. The number of rotatable bonds is 9.